The second-order valence-corrected chi connectivity index (χ2v) is 5.24. The van der Waals surface area contributed by atoms with Gasteiger partial charge >= 0.3 is 5.97 Å². The fraction of sp³-hybridized carbons (Fsp3) is 0.308. The van der Waals surface area contributed by atoms with Crippen molar-refractivity contribution in [1.82, 2.24) is 15.2 Å². The Labute approximate surface area is 125 Å². The van der Waals surface area contributed by atoms with Crippen molar-refractivity contribution in [2.45, 2.75) is 26.7 Å². The number of nitrogens with zero attached hydrogens (tertiary/aromatic N) is 3. The number of aromatic nitrogens is 3. The molecule has 2 heterocycles. The summed E-state index contributed by atoms with van der Waals surface area (Å²) >= 11 is 0.898. The summed E-state index contributed by atoms with van der Waals surface area (Å²) < 4.78 is 0. The molecule has 2 aromatic heterocycles. The van der Waals surface area contributed by atoms with Gasteiger partial charge in [0.15, 0.2) is 0 Å². The van der Waals surface area contributed by atoms with Gasteiger partial charge in [0.25, 0.3) is 5.91 Å². The van der Waals surface area contributed by atoms with Crippen LogP contribution in [0.3, 0.4) is 0 Å². The third-order valence-corrected chi connectivity index (χ3v) is 3.85. The Hall–Kier alpha value is -2.35. The van der Waals surface area contributed by atoms with Gasteiger partial charge in [-0.25, -0.2) is 9.78 Å². The van der Waals surface area contributed by atoms with Crippen LogP contribution < -0.4 is 5.32 Å². The number of hydrogen-bond donors (Lipinski definition) is 2. The molecule has 8 heteroatoms. The van der Waals surface area contributed by atoms with E-state index >= 15 is 0 Å². The van der Waals surface area contributed by atoms with Crippen molar-refractivity contribution in [2.24, 2.45) is 0 Å². The highest BCUT2D eigenvalue weighted by molar-refractivity contribution is 7.15. The smallest absolute Gasteiger partial charge is 0.345 e. The number of carboxylic acid groups (broad SMARTS) is 1. The van der Waals surface area contributed by atoms with Gasteiger partial charge in [-0.05, 0) is 25.0 Å². The van der Waals surface area contributed by atoms with E-state index in [1.165, 1.54) is 12.1 Å². The maximum atomic E-state index is 12.0. The lowest BCUT2D eigenvalue weighted by atomic mass is 10.2. The number of rotatable bonds is 5. The predicted octanol–water partition coefficient (Wildman–Crippen LogP) is 2.01. The van der Waals surface area contributed by atoms with Gasteiger partial charge < -0.3 is 5.11 Å². The highest BCUT2D eigenvalue weighted by Crippen LogP contribution is 2.17. The fourth-order valence-electron chi connectivity index (χ4n) is 1.73. The van der Waals surface area contributed by atoms with E-state index < -0.39 is 11.9 Å². The van der Waals surface area contributed by atoms with Crippen molar-refractivity contribution < 1.29 is 14.7 Å². The molecule has 2 aromatic rings. The summed E-state index contributed by atoms with van der Waals surface area (Å²) in [6, 6.07) is 2.84. The summed E-state index contributed by atoms with van der Waals surface area (Å²) in [4.78, 5) is 27.4. The maximum absolute atomic E-state index is 12.0. The zero-order valence-corrected chi connectivity index (χ0v) is 12.4. The lowest BCUT2D eigenvalue weighted by Crippen LogP contribution is -2.15. The molecule has 110 valence electrons. The first-order chi connectivity index (χ1) is 10.0. The van der Waals surface area contributed by atoms with Crippen LogP contribution in [-0.2, 0) is 12.8 Å². The van der Waals surface area contributed by atoms with Crippen LogP contribution in [0.5, 0.6) is 0 Å². The minimum Gasteiger partial charge on any atom is -0.477 e. The van der Waals surface area contributed by atoms with Gasteiger partial charge in [-0.1, -0.05) is 13.8 Å². The number of carbonyl (C=O) groups is 2. The van der Waals surface area contributed by atoms with Crippen molar-refractivity contribution in [3.8, 4) is 0 Å². The van der Waals surface area contributed by atoms with Gasteiger partial charge in [0.2, 0.25) is 5.95 Å². The Bertz CT molecular complexity index is 684. The van der Waals surface area contributed by atoms with E-state index in [1.54, 1.807) is 0 Å². The van der Waals surface area contributed by atoms with E-state index in [9.17, 15) is 9.59 Å². The molecular weight excluding hydrogens is 292 g/mol. The molecule has 0 saturated carbocycles. The Morgan fingerprint density at radius 3 is 2.38 bits per heavy atom. The Morgan fingerprint density at radius 1 is 1.14 bits per heavy atom. The van der Waals surface area contributed by atoms with Crippen molar-refractivity contribution in [2.75, 3.05) is 5.32 Å². The minimum absolute atomic E-state index is 0.106. The van der Waals surface area contributed by atoms with Gasteiger partial charge in [-0.15, -0.1) is 21.5 Å². The van der Waals surface area contributed by atoms with Crippen LogP contribution in [0.2, 0.25) is 0 Å². The maximum Gasteiger partial charge on any atom is 0.345 e. The van der Waals surface area contributed by atoms with E-state index in [-0.39, 0.29) is 15.7 Å². The monoisotopic (exact) mass is 306 g/mol. The minimum atomic E-state index is -1.06. The van der Waals surface area contributed by atoms with Gasteiger partial charge in [0.1, 0.15) is 4.88 Å². The zero-order valence-electron chi connectivity index (χ0n) is 11.6. The van der Waals surface area contributed by atoms with E-state index in [0.717, 1.165) is 29.1 Å². The summed E-state index contributed by atoms with van der Waals surface area (Å²) in [5.74, 6) is -1.38. The number of thiophene rings is 1. The molecule has 2 N–H and O–H groups in total. The van der Waals surface area contributed by atoms with Crippen LogP contribution in [0.25, 0.3) is 0 Å². The summed E-state index contributed by atoms with van der Waals surface area (Å²) in [6.07, 6.45) is 1.42. The molecule has 0 aliphatic rings. The van der Waals surface area contributed by atoms with Crippen molar-refractivity contribution in [1.29, 1.82) is 0 Å². The lowest BCUT2D eigenvalue weighted by Gasteiger charge is -2.06. The molecule has 0 aliphatic carbocycles. The van der Waals surface area contributed by atoms with Gasteiger partial charge in [-0.3, -0.25) is 10.1 Å². The first kappa shape index (κ1) is 15.0. The van der Waals surface area contributed by atoms with Crippen LogP contribution in [-0.4, -0.2) is 32.2 Å². The molecule has 0 spiro atoms. The molecule has 21 heavy (non-hydrogen) atoms. The SMILES string of the molecule is CCc1nnc(NC(=O)c2ccc(C(=O)O)s2)nc1CC. The second kappa shape index (κ2) is 6.40. The molecule has 0 aliphatic heterocycles. The normalized spacial score (nSPS) is 10.4. The molecule has 0 aromatic carbocycles. The summed E-state index contributed by atoms with van der Waals surface area (Å²) in [7, 11) is 0. The number of anilines is 1. The van der Waals surface area contributed by atoms with Crippen LogP contribution >= 0.6 is 11.3 Å². The zero-order chi connectivity index (χ0) is 15.4. The number of amides is 1. The largest absolute Gasteiger partial charge is 0.477 e. The quantitative estimate of drug-likeness (QED) is 0.875. The van der Waals surface area contributed by atoms with Gasteiger partial charge in [0.05, 0.1) is 16.3 Å². The predicted molar refractivity (Wildman–Crippen MR) is 77.8 cm³/mol. The van der Waals surface area contributed by atoms with E-state index in [1.807, 2.05) is 13.8 Å². The van der Waals surface area contributed by atoms with Crippen LogP contribution in [0, 0.1) is 0 Å². The highest BCUT2D eigenvalue weighted by Gasteiger charge is 2.15. The van der Waals surface area contributed by atoms with E-state index in [0.29, 0.717) is 6.42 Å². The molecule has 7 nitrogen and oxygen atoms in total. The van der Waals surface area contributed by atoms with Crippen LogP contribution in [0.15, 0.2) is 12.1 Å². The molecule has 0 atom stereocenters. The average Bonchev–Trinajstić information content (AvgIpc) is 2.97. The number of hydrogen-bond acceptors (Lipinski definition) is 6. The number of nitrogens with one attached hydrogen (secondary N) is 1. The summed E-state index contributed by atoms with van der Waals surface area (Å²) in [5, 5.41) is 19.3. The van der Waals surface area contributed by atoms with Crippen molar-refractivity contribution in [3.05, 3.63) is 33.3 Å². The fourth-order valence-corrected chi connectivity index (χ4v) is 2.47. The standard InChI is InChI=1S/C13H14N4O3S/c1-3-7-8(4-2)16-17-13(14-7)15-11(18)9-5-6-10(21-9)12(19)20/h5-6H,3-4H2,1-2H3,(H,19,20)(H,14,15,17,18). The average molecular weight is 306 g/mol. The van der Waals surface area contributed by atoms with Gasteiger partial charge in [0, 0.05) is 0 Å². The molecule has 2 rings (SSSR count). The second-order valence-electron chi connectivity index (χ2n) is 4.16. The number of aromatic carboxylic acids is 1. The van der Waals surface area contributed by atoms with Crippen LogP contribution in [0.4, 0.5) is 5.95 Å². The van der Waals surface area contributed by atoms with E-state index in [4.69, 9.17) is 5.11 Å². The van der Waals surface area contributed by atoms with Crippen molar-refractivity contribution >= 4 is 29.2 Å². The molecular formula is C13H14N4O3S. The number of aryl methyl sites for hydroxylation is 2. The third-order valence-electron chi connectivity index (χ3n) is 2.78. The summed E-state index contributed by atoms with van der Waals surface area (Å²) in [5.41, 5.74) is 1.60. The van der Waals surface area contributed by atoms with Crippen molar-refractivity contribution in [3.63, 3.8) is 0 Å². The molecule has 0 unspecified atom stereocenters. The lowest BCUT2D eigenvalue weighted by molar-refractivity contribution is 0.0702. The molecule has 0 fully saturated rings. The third kappa shape index (κ3) is 3.40. The molecule has 0 radical (unpaired) electrons. The summed E-state index contributed by atoms with van der Waals surface area (Å²) in [6.45, 7) is 3.91. The first-order valence-corrected chi connectivity index (χ1v) is 7.23. The Balaban J connectivity index is 2.17. The number of carbonyl (C=O) groups excluding carboxylic acids is 1. The van der Waals surface area contributed by atoms with Crippen LogP contribution in [0.1, 0.15) is 44.6 Å². The first-order valence-electron chi connectivity index (χ1n) is 6.42. The molecule has 0 bridgehead atoms. The topological polar surface area (TPSA) is 105 Å². The Kier molecular flexibility index (Phi) is 4.59. The highest BCUT2D eigenvalue weighted by atomic mass is 32.1. The molecule has 1 amide bonds. The number of carboxylic acids is 1. The molecule has 0 saturated heterocycles. The Morgan fingerprint density at radius 2 is 1.81 bits per heavy atom. The van der Waals surface area contributed by atoms with Gasteiger partial charge in [-0.2, -0.15) is 0 Å². The van der Waals surface area contributed by atoms with E-state index in [2.05, 4.69) is 20.5 Å².